The molecule has 0 saturated carbocycles. The van der Waals surface area contributed by atoms with Gasteiger partial charge in [0.05, 0.1) is 18.2 Å². The van der Waals surface area contributed by atoms with Crippen LogP contribution in [-0.2, 0) is 0 Å². The maximum absolute atomic E-state index is 12.2. The fourth-order valence-corrected chi connectivity index (χ4v) is 2.32. The van der Waals surface area contributed by atoms with Gasteiger partial charge in [-0.1, -0.05) is 0 Å². The van der Waals surface area contributed by atoms with E-state index in [0.717, 1.165) is 18.3 Å². The first kappa shape index (κ1) is 19.3. The molecule has 4 N–H and O–H groups in total. The molecule has 0 bridgehead atoms. The van der Waals surface area contributed by atoms with Gasteiger partial charge in [0, 0.05) is 23.3 Å². The average Bonchev–Trinajstić information content (AvgIpc) is 2.69. The number of nitro groups is 1. The molecule has 0 amide bonds. The van der Waals surface area contributed by atoms with Crippen LogP contribution >= 0.6 is 0 Å². The molecule has 0 aliphatic heterocycles. The number of benzene rings is 2. The molecule has 12 heteroatoms. The summed E-state index contributed by atoms with van der Waals surface area (Å²) in [5.74, 6) is -0.560. The summed E-state index contributed by atoms with van der Waals surface area (Å²) in [7, 11) is 1.53. The van der Waals surface area contributed by atoms with E-state index in [4.69, 9.17) is 4.74 Å². The molecule has 148 valence electrons. The van der Waals surface area contributed by atoms with E-state index >= 15 is 0 Å². The number of aromatic hydroxyl groups is 2. The third-order valence-electron chi connectivity index (χ3n) is 3.76. The second-order valence-electron chi connectivity index (χ2n) is 5.61. The maximum Gasteiger partial charge on any atom is 0.311 e. The zero-order valence-electron chi connectivity index (χ0n) is 14.9. The molecule has 0 fully saturated rings. The second-order valence-corrected chi connectivity index (χ2v) is 5.61. The van der Waals surface area contributed by atoms with Gasteiger partial charge in [0.2, 0.25) is 5.95 Å². The monoisotopic (exact) mass is 398 g/mol. The Morgan fingerprint density at radius 1 is 1.21 bits per heavy atom. The van der Waals surface area contributed by atoms with Crippen molar-refractivity contribution in [1.29, 1.82) is 0 Å². The zero-order valence-corrected chi connectivity index (χ0v) is 14.9. The Bertz CT molecular complexity index is 1140. The fraction of sp³-hybridized carbons (Fsp3) is 0.0588. The van der Waals surface area contributed by atoms with E-state index in [0.29, 0.717) is 11.3 Å². The lowest BCUT2D eigenvalue weighted by Gasteiger charge is -2.04. The van der Waals surface area contributed by atoms with Crippen molar-refractivity contribution >= 4 is 17.9 Å². The summed E-state index contributed by atoms with van der Waals surface area (Å²) in [6, 6.07) is 8.43. The molecule has 0 spiro atoms. The van der Waals surface area contributed by atoms with Crippen molar-refractivity contribution in [2.45, 2.75) is 0 Å². The van der Waals surface area contributed by atoms with E-state index in [1.165, 1.54) is 7.11 Å². The minimum absolute atomic E-state index is 0.0350. The predicted octanol–water partition coefficient (Wildman–Crippen LogP) is 1.61. The van der Waals surface area contributed by atoms with Crippen molar-refractivity contribution in [1.82, 2.24) is 15.2 Å². The summed E-state index contributed by atoms with van der Waals surface area (Å²) in [6.45, 7) is 0. The Kier molecular flexibility index (Phi) is 5.35. The van der Waals surface area contributed by atoms with Crippen LogP contribution in [0.4, 0.5) is 11.6 Å². The Balaban J connectivity index is 1.78. The summed E-state index contributed by atoms with van der Waals surface area (Å²) >= 11 is 0. The van der Waals surface area contributed by atoms with Gasteiger partial charge in [-0.25, -0.2) is 5.43 Å². The number of hydrazone groups is 1. The van der Waals surface area contributed by atoms with Gasteiger partial charge < -0.3 is 14.9 Å². The largest absolute Gasteiger partial charge is 0.507 e. The third-order valence-corrected chi connectivity index (χ3v) is 3.76. The molecule has 3 aromatic rings. The van der Waals surface area contributed by atoms with E-state index in [-0.39, 0.29) is 17.2 Å². The van der Waals surface area contributed by atoms with Crippen LogP contribution in [0.3, 0.4) is 0 Å². The highest BCUT2D eigenvalue weighted by Gasteiger charge is 2.16. The summed E-state index contributed by atoms with van der Waals surface area (Å²) < 4.78 is 5.05. The van der Waals surface area contributed by atoms with E-state index in [1.54, 1.807) is 24.3 Å². The van der Waals surface area contributed by atoms with Crippen LogP contribution in [0.25, 0.3) is 11.3 Å². The topological polar surface area (TPSA) is 176 Å². The highest BCUT2D eigenvalue weighted by molar-refractivity contribution is 5.85. The molecule has 29 heavy (non-hydrogen) atoms. The number of H-pyrrole nitrogens is 1. The number of phenolic OH excluding ortho intramolecular Hbond substituents is 2. The molecular weight excluding hydrogens is 384 g/mol. The van der Waals surface area contributed by atoms with E-state index in [9.17, 15) is 25.1 Å². The fourth-order valence-electron chi connectivity index (χ4n) is 2.32. The van der Waals surface area contributed by atoms with Crippen molar-refractivity contribution in [3.63, 3.8) is 0 Å². The molecule has 0 atom stereocenters. The van der Waals surface area contributed by atoms with Gasteiger partial charge in [0.1, 0.15) is 11.5 Å². The lowest BCUT2D eigenvalue weighted by Crippen LogP contribution is -2.15. The van der Waals surface area contributed by atoms with Crippen molar-refractivity contribution < 1.29 is 19.9 Å². The molecule has 3 rings (SSSR count). The highest BCUT2D eigenvalue weighted by Crippen LogP contribution is 2.32. The Labute approximate surface area is 162 Å². The summed E-state index contributed by atoms with van der Waals surface area (Å²) in [5.41, 5.74) is 1.87. The van der Waals surface area contributed by atoms with Crippen LogP contribution in [0.1, 0.15) is 5.56 Å². The highest BCUT2D eigenvalue weighted by atomic mass is 16.6. The van der Waals surface area contributed by atoms with Crippen LogP contribution in [0.5, 0.6) is 17.2 Å². The number of methoxy groups -OCH3 is 1. The number of nitrogens with zero attached hydrogens (tertiary/aromatic N) is 4. The SMILES string of the molecule is COc1ccc(-c2nnc(N/N=C/c3cc([N+](=O)[O-])c(O)cc3O)[nH]c2=O)cc1. The summed E-state index contributed by atoms with van der Waals surface area (Å²) in [6.07, 6.45) is 1.05. The minimum Gasteiger partial charge on any atom is -0.507 e. The van der Waals surface area contributed by atoms with Crippen LogP contribution in [0.2, 0.25) is 0 Å². The Morgan fingerprint density at radius 2 is 1.93 bits per heavy atom. The van der Waals surface area contributed by atoms with Crippen LogP contribution in [0.15, 0.2) is 46.3 Å². The lowest BCUT2D eigenvalue weighted by atomic mass is 10.1. The average molecular weight is 398 g/mol. The molecule has 0 saturated heterocycles. The van der Waals surface area contributed by atoms with Crippen LogP contribution in [-0.4, -0.2) is 43.6 Å². The molecule has 12 nitrogen and oxygen atoms in total. The molecule has 1 aromatic heterocycles. The van der Waals surface area contributed by atoms with Gasteiger partial charge in [0.25, 0.3) is 5.56 Å². The van der Waals surface area contributed by atoms with Gasteiger partial charge in [-0.2, -0.15) is 5.10 Å². The smallest absolute Gasteiger partial charge is 0.311 e. The molecular formula is C17H14N6O6. The molecule has 0 unspecified atom stereocenters. The zero-order chi connectivity index (χ0) is 21.0. The Morgan fingerprint density at radius 3 is 2.55 bits per heavy atom. The first-order chi connectivity index (χ1) is 13.9. The van der Waals surface area contributed by atoms with Crippen molar-refractivity contribution in [2.75, 3.05) is 12.5 Å². The number of ether oxygens (including phenoxy) is 1. The quantitative estimate of drug-likeness (QED) is 0.273. The van der Waals surface area contributed by atoms with Crippen LogP contribution < -0.4 is 15.7 Å². The molecule has 0 aliphatic carbocycles. The molecule has 0 radical (unpaired) electrons. The van der Waals surface area contributed by atoms with Crippen molar-refractivity contribution in [3.05, 3.63) is 62.4 Å². The number of rotatable bonds is 6. The van der Waals surface area contributed by atoms with Crippen molar-refractivity contribution in [2.24, 2.45) is 5.10 Å². The number of hydrogen-bond acceptors (Lipinski definition) is 10. The van der Waals surface area contributed by atoms with Crippen LogP contribution in [0, 0.1) is 10.1 Å². The number of nitrogens with one attached hydrogen (secondary N) is 2. The van der Waals surface area contributed by atoms with Gasteiger partial charge >= 0.3 is 5.69 Å². The molecule has 0 aliphatic rings. The lowest BCUT2D eigenvalue weighted by molar-refractivity contribution is -0.385. The van der Waals surface area contributed by atoms with Gasteiger partial charge in [0.15, 0.2) is 11.4 Å². The van der Waals surface area contributed by atoms with Gasteiger partial charge in [-0.05, 0) is 24.3 Å². The normalized spacial score (nSPS) is 10.8. The Hall–Kier alpha value is -4.48. The molecule has 2 aromatic carbocycles. The molecule has 1 heterocycles. The minimum atomic E-state index is -0.805. The number of anilines is 1. The summed E-state index contributed by atoms with van der Waals surface area (Å²) in [4.78, 5) is 24.7. The number of hydrogen-bond donors (Lipinski definition) is 4. The van der Waals surface area contributed by atoms with E-state index < -0.39 is 27.7 Å². The number of aromatic nitrogens is 3. The first-order valence-corrected chi connectivity index (χ1v) is 8.00. The second kappa shape index (κ2) is 8.04. The first-order valence-electron chi connectivity index (χ1n) is 8.00. The third kappa shape index (κ3) is 4.27. The predicted molar refractivity (Wildman–Crippen MR) is 102 cm³/mol. The number of nitro benzene ring substituents is 1. The standard InChI is InChI=1S/C17H14N6O6/c1-29-11-4-2-9(3-5-11)15-16(26)19-17(22-20-15)21-18-8-10-6-12(23(27)28)14(25)7-13(10)24/h2-8,24-25H,1H3,(H2,19,21,22,26)/b18-8+. The van der Waals surface area contributed by atoms with Gasteiger partial charge in [-0.15, -0.1) is 10.2 Å². The van der Waals surface area contributed by atoms with Gasteiger partial charge in [-0.3, -0.25) is 19.9 Å². The maximum atomic E-state index is 12.2. The van der Waals surface area contributed by atoms with E-state index in [1.807, 2.05) is 0 Å². The van der Waals surface area contributed by atoms with Crippen molar-refractivity contribution in [3.8, 4) is 28.5 Å². The van der Waals surface area contributed by atoms with E-state index in [2.05, 4.69) is 25.7 Å². The number of aromatic amines is 1. The summed E-state index contributed by atoms with van der Waals surface area (Å²) in [5, 5.41) is 41.4. The number of phenols is 2.